The van der Waals surface area contributed by atoms with Crippen LogP contribution in [-0.2, 0) is 9.59 Å². The Morgan fingerprint density at radius 3 is 2.50 bits per heavy atom. The molecule has 0 spiro atoms. The van der Waals surface area contributed by atoms with E-state index >= 15 is 0 Å². The largest absolute Gasteiger partial charge is 0.495 e. The van der Waals surface area contributed by atoms with Gasteiger partial charge in [-0.25, -0.2) is 4.79 Å². The molecule has 0 saturated carbocycles. The number of halogens is 1. The molecule has 0 aliphatic carbocycles. The predicted molar refractivity (Wildman–Crippen MR) is 112 cm³/mol. The molecule has 0 unspecified atom stereocenters. The SMILES string of the molecule is COc1cc(N2CCN(C(=O)CC[C@@]3(C)NC(=O)NC3=O)C[C@@H]2C)c(OC)cc1Cl. The van der Waals surface area contributed by atoms with E-state index in [9.17, 15) is 14.4 Å². The Bertz CT molecular complexity index is 864. The Kier molecular flexibility index (Phi) is 6.30. The molecule has 2 saturated heterocycles. The van der Waals surface area contributed by atoms with Crippen molar-refractivity contribution in [2.24, 2.45) is 0 Å². The number of nitrogens with one attached hydrogen (secondary N) is 2. The molecule has 2 heterocycles. The molecule has 2 N–H and O–H groups in total. The van der Waals surface area contributed by atoms with Crippen LogP contribution in [0.1, 0.15) is 26.7 Å². The Morgan fingerprint density at radius 1 is 1.23 bits per heavy atom. The fourth-order valence-electron chi connectivity index (χ4n) is 3.88. The van der Waals surface area contributed by atoms with Gasteiger partial charge in [0.2, 0.25) is 5.91 Å². The third-order valence-corrected chi connectivity index (χ3v) is 5.99. The molecule has 164 valence electrons. The first-order valence-corrected chi connectivity index (χ1v) is 10.2. The van der Waals surface area contributed by atoms with Gasteiger partial charge in [0.25, 0.3) is 5.91 Å². The molecule has 2 aliphatic heterocycles. The van der Waals surface area contributed by atoms with E-state index in [1.807, 2.05) is 13.0 Å². The molecule has 10 heteroatoms. The van der Waals surface area contributed by atoms with Gasteiger partial charge in [-0.05, 0) is 20.3 Å². The molecule has 2 fully saturated rings. The second-order valence-corrected chi connectivity index (χ2v) is 8.19. The Balaban J connectivity index is 1.65. The van der Waals surface area contributed by atoms with Gasteiger partial charge in [0.15, 0.2) is 0 Å². The monoisotopic (exact) mass is 438 g/mol. The van der Waals surface area contributed by atoms with E-state index in [0.29, 0.717) is 36.2 Å². The molecule has 4 amide bonds. The van der Waals surface area contributed by atoms with Crippen LogP contribution in [0.3, 0.4) is 0 Å². The third kappa shape index (κ3) is 4.26. The quantitative estimate of drug-likeness (QED) is 0.656. The second-order valence-electron chi connectivity index (χ2n) is 7.78. The number of benzene rings is 1. The highest BCUT2D eigenvalue weighted by Crippen LogP contribution is 2.39. The summed E-state index contributed by atoms with van der Waals surface area (Å²) in [6.07, 6.45) is 0.426. The number of carbonyl (C=O) groups excluding carboxylic acids is 3. The van der Waals surface area contributed by atoms with Crippen molar-refractivity contribution in [3.05, 3.63) is 17.2 Å². The normalized spacial score (nSPS) is 23.8. The first-order valence-electron chi connectivity index (χ1n) is 9.78. The van der Waals surface area contributed by atoms with Gasteiger partial charge in [-0.1, -0.05) is 11.6 Å². The molecule has 2 aliphatic rings. The first kappa shape index (κ1) is 22.0. The van der Waals surface area contributed by atoms with Crippen LogP contribution in [0.15, 0.2) is 12.1 Å². The van der Waals surface area contributed by atoms with E-state index < -0.39 is 17.5 Å². The van der Waals surface area contributed by atoms with Gasteiger partial charge in [-0.15, -0.1) is 0 Å². The minimum absolute atomic E-state index is 0.0348. The van der Waals surface area contributed by atoms with Crippen LogP contribution >= 0.6 is 11.6 Å². The highest BCUT2D eigenvalue weighted by Gasteiger charge is 2.42. The lowest BCUT2D eigenvalue weighted by atomic mass is 9.95. The van der Waals surface area contributed by atoms with Gasteiger partial charge in [0, 0.05) is 44.2 Å². The van der Waals surface area contributed by atoms with Crippen LogP contribution in [0.4, 0.5) is 10.5 Å². The summed E-state index contributed by atoms with van der Waals surface area (Å²) in [4.78, 5) is 40.0. The van der Waals surface area contributed by atoms with Crippen LogP contribution in [0.5, 0.6) is 11.5 Å². The number of urea groups is 1. The van der Waals surface area contributed by atoms with E-state index in [1.165, 1.54) is 0 Å². The minimum atomic E-state index is -1.05. The van der Waals surface area contributed by atoms with Crippen molar-refractivity contribution in [2.45, 2.75) is 38.3 Å². The van der Waals surface area contributed by atoms with Crippen molar-refractivity contribution < 1.29 is 23.9 Å². The standard InChI is InChI=1S/C20H27ClN4O5/c1-12-11-24(17(26)5-6-20(2)18(27)22-19(28)23-20)7-8-25(12)14-10-15(29-3)13(21)9-16(14)30-4/h9-10,12H,5-8,11H2,1-4H3,(H2,22,23,27,28)/t12-,20+/m0/s1. The molecule has 2 atom stereocenters. The van der Waals surface area contributed by atoms with E-state index in [-0.39, 0.29) is 24.8 Å². The lowest BCUT2D eigenvalue weighted by Gasteiger charge is -2.42. The number of nitrogens with zero attached hydrogens (tertiary/aromatic N) is 2. The molecular weight excluding hydrogens is 412 g/mol. The summed E-state index contributed by atoms with van der Waals surface area (Å²) in [5.74, 6) is 0.756. The van der Waals surface area contributed by atoms with Crippen LogP contribution < -0.4 is 25.0 Å². The zero-order valence-corrected chi connectivity index (χ0v) is 18.3. The van der Waals surface area contributed by atoms with Crippen molar-refractivity contribution in [3.63, 3.8) is 0 Å². The molecule has 3 rings (SSSR count). The van der Waals surface area contributed by atoms with Crippen molar-refractivity contribution in [2.75, 3.05) is 38.8 Å². The van der Waals surface area contributed by atoms with Gasteiger partial charge in [0.1, 0.15) is 17.0 Å². The zero-order valence-electron chi connectivity index (χ0n) is 17.6. The Morgan fingerprint density at radius 2 is 1.93 bits per heavy atom. The van der Waals surface area contributed by atoms with Gasteiger partial charge < -0.3 is 24.6 Å². The summed E-state index contributed by atoms with van der Waals surface area (Å²) in [5.41, 5.74) is -0.191. The topological polar surface area (TPSA) is 100 Å². The number of amides is 4. The van der Waals surface area contributed by atoms with E-state index in [2.05, 4.69) is 15.5 Å². The summed E-state index contributed by atoms with van der Waals surface area (Å²) in [6.45, 7) is 5.34. The summed E-state index contributed by atoms with van der Waals surface area (Å²) >= 11 is 6.21. The summed E-state index contributed by atoms with van der Waals surface area (Å²) < 4.78 is 10.8. The second kappa shape index (κ2) is 8.59. The minimum Gasteiger partial charge on any atom is -0.495 e. The van der Waals surface area contributed by atoms with Crippen LogP contribution in [0, 0.1) is 0 Å². The number of hydrogen-bond acceptors (Lipinski definition) is 6. The van der Waals surface area contributed by atoms with Gasteiger partial charge >= 0.3 is 6.03 Å². The number of hydrogen-bond donors (Lipinski definition) is 2. The van der Waals surface area contributed by atoms with E-state index in [0.717, 1.165) is 5.69 Å². The van der Waals surface area contributed by atoms with Crippen LogP contribution in [0.25, 0.3) is 0 Å². The lowest BCUT2D eigenvalue weighted by molar-refractivity contribution is -0.132. The number of anilines is 1. The average molecular weight is 439 g/mol. The van der Waals surface area contributed by atoms with Crippen molar-refractivity contribution in [3.8, 4) is 11.5 Å². The van der Waals surface area contributed by atoms with Crippen molar-refractivity contribution in [1.82, 2.24) is 15.5 Å². The van der Waals surface area contributed by atoms with Crippen molar-refractivity contribution in [1.29, 1.82) is 0 Å². The zero-order chi connectivity index (χ0) is 22.1. The maximum Gasteiger partial charge on any atom is 0.322 e. The number of piperazine rings is 1. The molecule has 1 aromatic rings. The van der Waals surface area contributed by atoms with E-state index in [4.69, 9.17) is 21.1 Å². The Labute approximate surface area is 180 Å². The maximum atomic E-state index is 12.7. The van der Waals surface area contributed by atoms with E-state index in [1.54, 1.807) is 32.1 Å². The summed E-state index contributed by atoms with van der Waals surface area (Å²) in [5, 5.41) is 5.27. The number of ether oxygens (including phenoxy) is 2. The maximum absolute atomic E-state index is 12.7. The smallest absolute Gasteiger partial charge is 0.322 e. The molecule has 0 aromatic heterocycles. The molecule has 9 nitrogen and oxygen atoms in total. The fourth-order valence-corrected chi connectivity index (χ4v) is 4.11. The van der Waals surface area contributed by atoms with Gasteiger partial charge in [-0.3, -0.25) is 14.9 Å². The molecule has 0 bridgehead atoms. The lowest BCUT2D eigenvalue weighted by Crippen LogP contribution is -2.54. The van der Waals surface area contributed by atoms with Gasteiger partial charge in [0.05, 0.1) is 24.9 Å². The number of imide groups is 1. The summed E-state index contributed by atoms with van der Waals surface area (Å²) in [7, 11) is 3.15. The Hall–Kier alpha value is -2.68. The first-order chi connectivity index (χ1) is 14.2. The van der Waals surface area contributed by atoms with Gasteiger partial charge in [-0.2, -0.15) is 0 Å². The molecule has 1 aromatic carbocycles. The molecule has 0 radical (unpaired) electrons. The average Bonchev–Trinajstić information content (AvgIpc) is 2.97. The molecule has 30 heavy (non-hydrogen) atoms. The number of rotatable bonds is 6. The third-order valence-electron chi connectivity index (χ3n) is 5.70. The van der Waals surface area contributed by atoms with Crippen LogP contribution in [0.2, 0.25) is 5.02 Å². The van der Waals surface area contributed by atoms with Crippen molar-refractivity contribution >= 4 is 35.1 Å². The number of carbonyl (C=O) groups is 3. The van der Waals surface area contributed by atoms with Crippen LogP contribution in [-0.4, -0.2) is 68.2 Å². The fraction of sp³-hybridized carbons (Fsp3) is 0.550. The predicted octanol–water partition coefficient (Wildman–Crippen LogP) is 1.77. The highest BCUT2D eigenvalue weighted by molar-refractivity contribution is 6.32. The summed E-state index contributed by atoms with van der Waals surface area (Å²) in [6, 6.07) is 3.08. The number of methoxy groups -OCH3 is 2. The molecular formula is C20H27ClN4O5. The highest BCUT2D eigenvalue weighted by atomic mass is 35.5.